The Balaban J connectivity index is 2.05. The molecule has 2 rings (SSSR count). The van der Waals surface area contributed by atoms with E-state index in [0.29, 0.717) is 0 Å². The molecule has 1 aliphatic rings. The molecule has 104 valence electrons. The first-order valence-electron chi connectivity index (χ1n) is 6.65. The van der Waals surface area contributed by atoms with E-state index in [0.717, 1.165) is 29.9 Å². The molecule has 0 unspecified atom stereocenters. The van der Waals surface area contributed by atoms with Crippen LogP contribution in [-0.4, -0.2) is 23.5 Å². The smallest absolute Gasteiger partial charge is 0.230 e. The summed E-state index contributed by atoms with van der Waals surface area (Å²) in [5.41, 5.74) is 0.217. The van der Waals surface area contributed by atoms with Gasteiger partial charge in [-0.1, -0.05) is 12.1 Å². The van der Waals surface area contributed by atoms with E-state index < -0.39 is 5.41 Å². The maximum Gasteiger partial charge on any atom is 0.230 e. The van der Waals surface area contributed by atoms with Crippen LogP contribution < -0.4 is 5.32 Å². The van der Waals surface area contributed by atoms with Gasteiger partial charge in [-0.05, 0) is 55.9 Å². The minimum absolute atomic E-state index is 0.0241. The molecule has 1 aliphatic heterocycles. The molecule has 1 heterocycles. The summed E-state index contributed by atoms with van der Waals surface area (Å²) < 4.78 is 12.9. The summed E-state index contributed by atoms with van der Waals surface area (Å²) in [6.07, 6.45) is 2.08. The third-order valence-corrected chi connectivity index (χ3v) is 4.74. The highest BCUT2D eigenvalue weighted by molar-refractivity contribution is 7.99. The topological polar surface area (TPSA) is 29.1 Å². The van der Waals surface area contributed by atoms with E-state index in [9.17, 15) is 9.18 Å². The van der Waals surface area contributed by atoms with Crippen molar-refractivity contribution in [2.24, 2.45) is 0 Å². The number of carbonyl (C=O) groups excluding carboxylic acids is 1. The zero-order valence-electron chi connectivity index (χ0n) is 11.4. The van der Waals surface area contributed by atoms with Crippen LogP contribution >= 0.6 is 11.8 Å². The van der Waals surface area contributed by atoms with Gasteiger partial charge in [-0.15, -0.1) is 0 Å². The second-order valence-electron chi connectivity index (χ2n) is 5.49. The molecule has 4 heteroatoms. The Morgan fingerprint density at radius 2 is 1.84 bits per heavy atom. The normalized spacial score (nSPS) is 17.2. The lowest BCUT2D eigenvalue weighted by Crippen LogP contribution is -2.46. The first-order valence-corrected chi connectivity index (χ1v) is 7.80. The highest BCUT2D eigenvalue weighted by Crippen LogP contribution is 2.25. The average molecular weight is 281 g/mol. The van der Waals surface area contributed by atoms with Crippen LogP contribution in [0.25, 0.3) is 0 Å². The Morgan fingerprint density at radius 1 is 1.26 bits per heavy atom. The summed E-state index contributed by atoms with van der Waals surface area (Å²) >= 11 is 1.94. The van der Waals surface area contributed by atoms with Crippen LogP contribution in [-0.2, 0) is 10.2 Å². The van der Waals surface area contributed by atoms with Crippen molar-refractivity contribution in [3.63, 3.8) is 0 Å². The Kier molecular flexibility index (Phi) is 4.50. The first-order chi connectivity index (χ1) is 9.00. The number of carbonyl (C=O) groups is 1. The van der Waals surface area contributed by atoms with Crippen LogP contribution in [0.2, 0.25) is 0 Å². The summed E-state index contributed by atoms with van der Waals surface area (Å²) in [7, 11) is 0. The molecule has 1 fully saturated rings. The van der Waals surface area contributed by atoms with Gasteiger partial charge in [-0.3, -0.25) is 4.79 Å². The quantitative estimate of drug-likeness (QED) is 0.922. The highest BCUT2D eigenvalue weighted by atomic mass is 32.2. The van der Waals surface area contributed by atoms with Gasteiger partial charge < -0.3 is 5.32 Å². The predicted molar refractivity (Wildman–Crippen MR) is 77.9 cm³/mol. The number of thioether (sulfide) groups is 1. The van der Waals surface area contributed by atoms with Gasteiger partial charge in [-0.2, -0.15) is 11.8 Å². The van der Waals surface area contributed by atoms with Crippen molar-refractivity contribution in [2.75, 3.05) is 11.5 Å². The van der Waals surface area contributed by atoms with Crippen LogP contribution in [0.3, 0.4) is 0 Å². The predicted octanol–water partition coefficient (Wildman–Crippen LogP) is 3.12. The van der Waals surface area contributed by atoms with Gasteiger partial charge in [0.1, 0.15) is 5.82 Å². The van der Waals surface area contributed by atoms with Crippen molar-refractivity contribution in [3.05, 3.63) is 35.6 Å². The van der Waals surface area contributed by atoms with Crippen molar-refractivity contribution in [1.82, 2.24) is 5.32 Å². The molecule has 1 aromatic carbocycles. The van der Waals surface area contributed by atoms with Gasteiger partial charge in [0.05, 0.1) is 5.41 Å². The Labute approximate surface area is 118 Å². The second kappa shape index (κ2) is 5.95. The second-order valence-corrected chi connectivity index (χ2v) is 6.72. The van der Waals surface area contributed by atoms with Crippen molar-refractivity contribution < 1.29 is 9.18 Å². The van der Waals surface area contributed by atoms with E-state index in [4.69, 9.17) is 0 Å². The number of benzene rings is 1. The largest absolute Gasteiger partial charge is 0.353 e. The number of nitrogens with one attached hydrogen (secondary N) is 1. The minimum atomic E-state index is -0.627. The highest BCUT2D eigenvalue weighted by Gasteiger charge is 2.31. The molecular formula is C15H20FNOS. The van der Waals surface area contributed by atoms with Crippen LogP contribution in [0.15, 0.2) is 24.3 Å². The fourth-order valence-corrected chi connectivity index (χ4v) is 3.31. The van der Waals surface area contributed by atoms with Gasteiger partial charge >= 0.3 is 0 Å². The molecule has 1 amide bonds. The number of hydrogen-bond acceptors (Lipinski definition) is 2. The molecule has 0 atom stereocenters. The molecule has 1 aromatic rings. The van der Waals surface area contributed by atoms with Gasteiger partial charge in [0.25, 0.3) is 0 Å². The standard InChI is InChI=1S/C15H20FNOS/c1-15(2,11-3-5-12(16)6-4-11)14(18)17-13-7-9-19-10-8-13/h3-6,13H,7-10H2,1-2H3,(H,17,18). The molecule has 0 radical (unpaired) electrons. The zero-order valence-corrected chi connectivity index (χ0v) is 12.2. The van der Waals surface area contributed by atoms with Crippen molar-refractivity contribution in [2.45, 2.75) is 38.1 Å². The minimum Gasteiger partial charge on any atom is -0.353 e. The van der Waals surface area contributed by atoms with E-state index >= 15 is 0 Å². The first kappa shape index (κ1) is 14.4. The number of amides is 1. The van der Waals surface area contributed by atoms with E-state index in [-0.39, 0.29) is 17.8 Å². The lowest BCUT2D eigenvalue weighted by atomic mass is 9.83. The maximum atomic E-state index is 12.9. The van der Waals surface area contributed by atoms with Crippen LogP contribution in [0, 0.1) is 5.82 Å². The number of halogens is 1. The molecular weight excluding hydrogens is 261 g/mol. The number of hydrogen-bond donors (Lipinski definition) is 1. The molecule has 1 saturated heterocycles. The van der Waals surface area contributed by atoms with Crippen molar-refractivity contribution >= 4 is 17.7 Å². The third-order valence-electron chi connectivity index (χ3n) is 3.69. The fraction of sp³-hybridized carbons (Fsp3) is 0.533. The van der Waals surface area contributed by atoms with Crippen LogP contribution in [0.4, 0.5) is 4.39 Å². The molecule has 0 bridgehead atoms. The van der Waals surface area contributed by atoms with Crippen LogP contribution in [0.5, 0.6) is 0 Å². The Hall–Kier alpha value is -1.03. The van der Waals surface area contributed by atoms with Gasteiger partial charge in [0.2, 0.25) is 5.91 Å². The van der Waals surface area contributed by atoms with Crippen LogP contribution in [0.1, 0.15) is 32.3 Å². The summed E-state index contributed by atoms with van der Waals surface area (Å²) in [6.45, 7) is 3.76. The van der Waals surface area contributed by atoms with E-state index in [1.54, 1.807) is 12.1 Å². The molecule has 0 saturated carbocycles. The Bertz CT molecular complexity index is 438. The lowest BCUT2D eigenvalue weighted by molar-refractivity contribution is -0.126. The van der Waals surface area contributed by atoms with E-state index in [2.05, 4.69) is 5.32 Å². The molecule has 0 aliphatic carbocycles. The van der Waals surface area contributed by atoms with Crippen molar-refractivity contribution in [3.8, 4) is 0 Å². The average Bonchev–Trinajstić information content (AvgIpc) is 2.40. The van der Waals surface area contributed by atoms with Gasteiger partial charge in [-0.25, -0.2) is 4.39 Å². The molecule has 1 N–H and O–H groups in total. The third kappa shape index (κ3) is 3.50. The fourth-order valence-electron chi connectivity index (χ4n) is 2.21. The molecule has 0 aromatic heterocycles. The summed E-state index contributed by atoms with van der Waals surface area (Å²) in [5.74, 6) is 1.98. The van der Waals surface area contributed by atoms with Gasteiger partial charge in [0, 0.05) is 6.04 Å². The van der Waals surface area contributed by atoms with E-state index in [1.165, 1.54) is 12.1 Å². The summed E-state index contributed by atoms with van der Waals surface area (Å²) in [6, 6.07) is 6.47. The van der Waals surface area contributed by atoms with Gasteiger partial charge in [0.15, 0.2) is 0 Å². The summed E-state index contributed by atoms with van der Waals surface area (Å²) in [5, 5.41) is 3.13. The zero-order chi connectivity index (χ0) is 13.9. The maximum absolute atomic E-state index is 12.9. The monoisotopic (exact) mass is 281 g/mol. The Morgan fingerprint density at radius 3 is 2.42 bits per heavy atom. The SMILES string of the molecule is CC(C)(C(=O)NC1CCSCC1)c1ccc(F)cc1. The molecule has 0 spiro atoms. The lowest BCUT2D eigenvalue weighted by Gasteiger charge is -2.29. The summed E-state index contributed by atoms with van der Waals surface area (Å²) in [4.78, 5) is 12.4. The molecule has 2 nitrogen and oxygen atoms in total. The number of rotatable bonds is 3. The van der Waals surface area contributed by atoms with E-state index in [1.807, 2.05) is 25.6 Å². The molecule has 19 heavy (non-hydrogen) atoms. The van der Waals surface area contributed by atoms with Crippen molar-refractivity contribution in [1.29, 1.82) is 0 Å².